The molecule has 0 saturated heterocycles. The molecule has 0 spiro atoms. The lowest BCUT2D eigenvalue weighted by Crippen LogP contribution is -2.31. The zero-order valence-electron chi connectivity index (χ0n) is 23.5. The number of rotatable bonds is 6. The fraction of sp³-hybridized carbons (Fsp3) is 0.194. The van der Waals surface area contributed by atoms with Gasteiger partial charge in [0.05, 0.1) is 28.8 Å². The monoisotopic (exact) mass is 583 g/mol. The Bertz CT molecular complexity index is 1990. The van der Waals surface area contributed by atoms with Crippen LogP contribution in [0.15, 0.2) is 65.2 Å². The number of sulfonamides is 1. The van der Waals surface area contributed by atoms with Crippen LogP contribution in [0.3, 0.4) is 0 Å². The van der Waals surface area contributed by atoms with Crippen LogP contribution in [0.5, 0.6) is 0 Å². The average Bonchev–Trinajstić information content (AvgIpc) is 3.58. The third-order valence-corrected chi connectivity index (χ3v) is 8.75. The molecule has 0 radical (unpaired) electrons. The third-order valence-electron chi connectivity index (χ3n) is 7.56. The number of carbonyl (C=O) groups excluding carboxylic acids is 2. The van der Waals surface area contributed by atoms with E-state index in [2.05, 4.69) is 20.6 Å². The largest absolute Gasteiger partial charge is 0.455 e. The van der Waals surface area contributed by atoms with Gasteiger partial charge in [-0.15, -0.1) is 0 Å². The number of carbonyl (C=O) groups is 2. The van der Waals surface area contributed by atoms with Crippen LogP contribution in [0.25, 0.3) is 44.8 Å². The molecule has 11 heteroatoms. The first-order valence-corrected chi connectivity index (χ1v) is 15.2. The first-order valence-electron chi connectivity index (χ1n) is 13.4. The SMILES string of the molecule is CNC(=O)c1c(-c2ccc(C)cc2)oc2cc(N(C)S(C)(=O)=O)c(-c3cc(-c4cc5c([nH]4)CCNC5=O)ccn3)cc12. The van der Waals surface area contributed by atoms with Crippen molar-refractivity contribution in [2.24, 2.45) is 0 Å². The van der Waals surface area contributed by atoms with Crippen LogP contribution < -0.4 is 14.9 Å². The van der Waals surface area contributed by atoms with E-state index in [9.17, 15) is 18.0 Å². The molecule has 5 aromatic rings. The Morgan fingerprint density at radius 1 is 1.05 bits per heavy atom. The number of aryl methyl sites for hydroxylation is 1. The van der Waals surface area contributed by atoms with Gasteiger partial charge in [0.15, 0.2) is 0 Å². The molecule has 2 amide bonds. The molecular formula is C31H29N5O5S. The highest BCUT2D eigenvalue weighted by molar-refractivity contribution is 7.92. The van der Waals surface area contributed by atoms with E-state index in [0.29, 0.717) is 57.8 Å². The summed E-state index contributed by atoms with van der Waals surface area (Å²) in [5.41, 5.74) is 6.78. The summed E-state index contributed by atoms with van der Waals surface area (Å²) in [5.74, 6) is -0.0792. The second-order valence-corrected chi connectivity index (χ2v) is 12.4. The molecule has 4 heterocycles. The third kappa shape index (κ3) is 4.71. The van der Waals surface area contributed by atoms with Crippen molar-refractivity contribution in [3.05, 3.63) is 83.2 Å². The molecule has 0 bridgehead atoms. The van der Waals surface area contributed by atoms with Gasteiger partial charge < -0.3 is 20.0 Å². The molecule has 42 heavy (non-hydrogen) atoms. The zero-order chi connectivity index (χ0) is 29.8. The fourth-order valence-corrected chi connectivity index (χ4v) is 5.74. The van der Waals surface area contributed by atoms with E-state index in [4.69, 9.17) is 4.42 Å². The molecule has 2 aromatic carbocycles. The molecule has 0 unspecified atom stereocenters. The van der Waals surface area contributed by atoms with Crippen LogP contribution in [-0.4, -0.2) is 57.1 Å². The number of anilines is 1. The van der Waals surface area contributed by atoms with Crippen LogP contribution in [0.4, 0.5) is 5.69 Å². The molecule has 0 fully saturated rings. The van der Waals surface area contributed by atoms with E-state index >= 15 is 0 Å². The zero-order valence-corrected chi connectivity index (χ0v) is 24.3. The van der Waals surface area contributed by atoms with Crippen LogP contribution in [-0.2, 0) is 16.4 Å². The first-order chi connectivity index (χ1) is 20.0. The lowest BCUT2D eigenvalue weighted by Gasteiger charge is -2.20. The average molecular weight is 584 g/mol. The topological polar surface area (TPSA) is 137 Å². The van der Waals surface area contributed by atoms with Gasteiger partial charge in [-0.1, -0.05) is 29.8 Å². The molecule has 3 aromatic heterocycles. The van der Waals surface area contributed by atoms with E-state index in [1.54, 1.807) is 25.4 Å². The highest BCUT2D eigenvalue weighted by atomic mass is 32.2. The Kier molecular flexibility index (Phi) is 6.61. The molecule has 1 aliphatic heterocycles. The molecule has 3 N–H and O–H groups in total. The summed E-state index contributed by atoms with van der Waals surface area (Å²) >= 11 is 0. The molecule has 214 valence electrons. The summed E-state index contributed by atoms with van der Waals surface area (Å²) in [7, 11) is -0.660. The number of furan rings is 1. The van der Waals surface area contributed by atoms with Crippen molar-refractivity contribution in [1.82, 2.24) is 20.6 Å². The number of fused-ring (bicyclic) bond motifs is 2. The smallest absolute Gasteiger partial charge is 0.255 e. The number of hydrogen-bond acceptors (Lipinski definition) is 6. The number of amides is 2. The molecular weight excluding hydrogens is 554 g/mol. The van der Waals surface area contributed by atoms with Gasteiger partial charge in [-0.2, -0.15) is 0 Å². The van der Waals surface area contributed by atoms with E-state index in [0.717, 1.165) is 34.3 Å². The van der Waals surface area contributed by atoms with Crippen LogP contribution in [0.2, 0.25) is 0 Å². The van der Waals surface area contributed by atoms with Gasteiger partial charge in [-0.3, -0.25) is 18.9 Å². The number of pyridine rings is 1. The normalized spacial score (nSPS) is 13.1. The fourth-order valence-electron chi connectivity index (χ4n) is 5.23. The van der Waals surface area contributed by atoms with Crippen molar-refractivity contribution in [1.29, 1.82) is 0 Å². The van der Waals surface area contributed by atoms with E-state index in [1.807, 2.05) is 49.4 Å². The first kappa shape index (κ1) is 27.3. The van der Waals surface area contributed by atoms with Gasteiger partial charge in [0.2, 0.25) is 10.0 Å². The highest BCUT2D eigenvalue weighted by Gasteiger charge is 2.27. The predicted molar refractivity (Wildman–Crippen MR) is 162 cm³/mol. The van der Waals surface area contributed by atoms with Crippen molar-refractivity contribution < 1.29 is 22.4 Å². The molecule has 0 aliphatic carbocycles. The molecule has 0 saturated carbocycles. The molecule has 0 atom stereocenters. The molecule has 10 nitrogen and oxygen atoms in total. The summed E-state index contributed by atoms with van der Waals surface area (Å²) in [6.45, 7) is 2.54. The van der Waals surface area contributed by atoms with Crippen LogP contribution in [0.1, 0.15) is 32.0 Å². The molecule has 1 aliphatic rings. The lowest BCUT2D eigenvalue weighted by molar-refractivity contribution is 0.0943. The number of nitrogens with one attached hydrogen (secondary N) is 3. The van der Waals surface area contributed by atoms with E-state index in [1.165, 1.54) is 11.4 Å². The Balaban J connectivity index is 1.58. The van der Waals surface area contributed by atoms with Gasteiger partial charge in [-0.05, 0) is 31.2 Å². The minimum absolute atomic E-state index is 0.124. The Hall–Kier alpha value is -4.90. The van der Waals surface area contributed by atoms with Crippen molar-refractivity contribution in [2.75, 3.05) is 31.2 Å². The quantitative estimate of drug-likeness (QED) is 0.269. The lowest BCUT2D eigenvalue weighted by atomic mass is 9.99. The van der Waals surface area contributed by atoms with Crippen molar-refractivity contribution in [2.45, 2.75) is 13.3 Å². The number of nitrogens with zero attached hydrogens (tertiary/aromatic N) is 2. The van der Waals surface area contributed by atoms with Gasteiger partial charge in [0.1, 0.15) is 11.3 Å². The Morgan fingerprint density at radius 2 is 1.81 bits per heavy atom. The summed E-state index contributed by atoms with van der Waals surface area (Å²) in [4.78, 5) is 33.5. The van der Waals surface area contributed by atoms with Gasteiger partial charge in [0.25, 0.3) is 11.8 Å². The summed E-state index contributed by atoms with van der Waals surface area (Å²) in [5, 5.41) is 6.07. The number of benzene rings is 2. The van der Waals surface area contributed by atoms with Crippen LogP contribution in [0, 0.1) is 6.92 Å². The Labute approximate surface area is 242 Å². The summed E-state index contributed by atoms with van der Waals surface area (Å²) in [6, 6.07) is 16.5. The van der Waals surface area contributed by atoms with Gasteiger partial charge in [-0.25, -0.2) is 8.42 Å². The maximum atomic E-state index is 13.2. The van der Waals surface area contributed by atoms with Crippen molar-refractivity contribution in [3.8, 4) is 33.8 Å². The Morgan fingerprint density at radius 3 is 2.50 bits per heavy atom. The predicted octanol–water partition coefficient (Wildman–Crippen LogP) is 4.51. The van der Waals surface area contributed by atoms with E-state index in [-0.39, 0.29) is 11.8 Å². The second-order valence-electron chi connectivity index (χ2n) is 10.4. The standard InChI is InChI=1S/C31H29N5O5S/c1-17-5-7-18(8-6-17)29-28(31(38)32-2)22-14-20(26(16-27(22)41-29)36(3)42(4,39)40)25-13-19(9-11-33-25)24-15-21-23(35-24)10-12-34-30(21)37/h5-9,11,13-16,35H,10,12H2,1-4H3,(H,32,38)(H,34,37). The van der Waals surface area contributed by atoms with Crippen molar-refractivity contribution in [3.63, 3.8) is 0 Å². The summed E-state index contributed by atoms with van der Waals surface area (Å²) in [6.07, 6.45) is 3.45. The maximum absolute atomic E-state index is 13.2. The number of aromatic nitrogens is 2. The minimum Gasteiger partial charge on any atom is -0.455 e. The number of H-pyrrole nitrogens is 1. The summed E-state index contributed by atoms with van der Waals surface area (Å²) < 4.78 is 32.9. The van der Waals surface area contributed by atoms with Gasteiger partial charge >= 0.3 is 0 Å². The van der Waals surface area contributed by atoms with Gasteiger partial charge in [0, 0.05) is 72.8 Å². The minimum atomic E-state index is -3.67. The maximum Gasteiger partial charge on any atom is 0.255 e. The van der Waals surface area contributed by atoms with E-state index < -0.39 is 10.0 Å². The second kappa shape index (κ2) is 10.2. The molecule has 6 rings (SSSR count). The number of hydrogen-bond donors (Lipinski definition) is 3. The highest BCUT2D eigenvalue weighted by Crippen LogP contribution is 2.41. The number of aromatic amines is 1. The van der Waals surface area contributed by atoms with Crippen LogP contribution >= 0.6 is 0 Å². The van der Waals surface area contributed by atoms with Crippen molar-refractivity contribution >= 4 is 38.5 Å².